The third-order valence-electron chi connectivity index (χ3n) is 2.75. The van der Waals surface area contributed by atoms with Crippen LogP contribution in [0.25, 0.3) is 0 Å². The van der Waals surface area contributed by atoms with Gasteiger partial charge in [-0.2, -0.15) is 0 Å². The van der Waals surface area contributed by atoms with Gasteiger partial charge in [-0.05, 0) is 24.9 Å². The molecule has 0 saturated carbocycles. The molecule has 1 aliphatic rings. The summed E-state index contributed by atoms with van der Waals surface area (Å²) >= 11 is 0. The normalized spacial score (nSPS) is 23.6. The molecule has 2 rings (SSSR count). The van der Waals surface area contributed by atoms with Crippen LogP contribution in [-0.4, -0.2) is 24.0 Å². The van der Waals surface area contributed by atoms with Gasteiger partial charge in [-0.25, -0.2) is 0 Å². The Kier molecular flexibility index (Phi) is 3.17. The molecule has 2 nitrogen and oxygen atoms in total. The number of hydrogen-bond acceptors (Lipinski definition) is 1. The third-order valence-corrected chi connectivity index (χ3v) is 2.75. The second-order valence-electron chi connectivity index (χ2n) is 4.06. The molecule has 0 amide bonds. The van der Waals surface area contributed by atoms with E-state index < -0.39 is 0 Å². The average Bonchev–Trinajstić information content (AvgIpc) is 2.19. The van der Waals surface area contributed by atoms with Crippen molar-refractivity contribution in [2.75, 3.05) is 13.1 Å². The monoisotopic (exact) mass is 189 g/mol. The van der Waals surface area contributed by atoms with Crippen LogP contribution in [-0.2, 0) is 6.54 Å². The van der Waals surface area contributed by atoms with E-state index in [0.717, 1.165) is 26.1 Å². The molecule has 1 saturated heterocycles. The molecule has 0 aromatic heterocycles. The van der Waals surface area contributed by atoms with Crippen LogP contribution in [0.1, 0.15) is 18.4 Å². The molecule has 14 heavy (non-hydrogen) atoms. The van der Waals surface area contributed by atoms with E-state index >= 15 is 0 Å². The van der Waals surface area contributed by atoms with Crippen LogP contribution < -0.4 is 5.73 Å². The lowest BCUT2D eigenvalue weighted by Crippen LogP contribution is -2.38. The fraction of sp³-hybridized carbons (Fsp3) is 0.500. The minimum Gasteiger partial charge on any atom is -0.297 e. The van der Waals surface area contributed by atoms with Gasteiger partial charge in [-0.1, -0.05) is 30.3 Å². The summed E-state index contributed by atoms with van der Waals surface area (Å²) < 4.78 is 0. The summed E-state index contributed by atoms with van der Waals surface area (Å²) in [5, 5.41) is 0. The summed E-state index contributed by atoms with van der Waals surface area (Å²) in [6.07, 6.45) is 2.26. The number of likely N-dealkylation sites (tertiary alicyclic amines) is 1. The first-order chi connectivity index (χ1) is 6.84. The van der Waals surface area contributed by atoms with Crippen molar-refractivity contribution < 1.29 is 0 Å². The number of piperidine rings is 1. The van der Waals surface area contributed by atoms with Gasteiger partial charge in [0.2, 0.25) is 0 Å². The maximum absolute atomic E-state index is 7.73. The summed E-state index contributed by atoms with van der Waals surface area (Å²) in [6.45, 7) is 3.11. The van der Waals surface area contributed by atoms with Gasteiger partial charge >= 0.3 is 0 Å². The van der Waals surface area contributed by atoms with Crippen LogP contribution in [0.5, 0.6) is 0 Å². The van der Waals surface area contributed by atoms with Gasteiger partial charge in [-0.15, -0.1) is 0 Å². The molecule has 1 N–H and O–H groups in total. The first-order valence-corrected chi connectivity index (χ1v) is 5.32. The van der Waals surface area contributed by atoms with Crippen LogP contribution in [0.4, 0.5) is 0 Å². The van der Waals surface area contributed by atoms with Crippen molar-refractivity contribution in [1.82, 2.24) is 10.6 Å². The SMILES string of the molecule is [NH]C1CCCN(Cc2ccccc2)C1. The highest BCUT2D eigenvalue weighted by molar-refractivity contribution is 5.14. The van der Waals surface area contributed by atoms with Crippen LogP contribution in [0.3, 0.4) is 0 Å². The molecule has 0 aliphatic carbocycles. The Bertz CT molecular complexity index is 271. The lowest BCUT2D eigenvalue weighted by Gasteiger charge is -2.30. The summed E-state index contributed by atoms with van der Waals surface area (Å²) in [6, 6.07) is 10.7. The van der Waals surface area contributed by atoms with Gasteiger partial charge < -0.3 is 0 Å². The van der Waals surface area contributed by atoms with E-state index in [2.05, 4.69) is 29.2 Å². The summed E-state index contributed by atoms with van der Waals surface area (Å²) in [7, 11) is 0. The van der Waals surface area contributed by atoms with Crippen LogP contribution in [0, 0.1) is 0 Å². The maximum atomic E-state index is 7.73. The summed E-state index contributed by atoms with van der Waals surface area (Å²) in [5.74, 6) is 0. The molecule has 1 radical (unpaired) electrons. The van der Waals surface area contributed by atoms with Crippen LogP contribution in [0.15, 0.2) is 30.3 Å². The quantitative estimate of drug-likeness (QED) is 0.698. The van der Waals surface area contributed by atoms with E-state index in [4.69, 9.17) is 5.73 Å². The number of rotatable bonds is 2. The van der Waals surface area contributed by atoms with Gasteiger partial charge in [0, 0.05) is 19.1 Å². The van der Waals surface area contributed by atoms with Gasteiger partial charge in [0.1, 0.15) is 0 Å². The molecule has 1 unspecified atom stereocenters. The molecule has 1 aliphatic heterocycles. The van der Waals surface area contributed by atoms with Crippen molar-refractivity contribution >= 4 is 0 Å². The zero-order valence-corrected chi connectivity index (χ0v) is 8.45. The van der Waals surface area contributed by atoms with Crippen molar-refractivity contribution in [3.63, 3.8) is 0 Å². The van der Waals surface area contributed by atoms with Crippen molar-refractivity contribution in [3.05, 3.63) is 35.9 Å². The Labute approximate surface area is 85.7 Å². The molecule has 1 heterocycles. The lowest BCUT2D eigenvalue weighted by molar-refractivity contribution is 0.199. The van der Waals surface area contributed by atoms with Gasteiger partial charge in [0.05, 0.1) is 0 Å². The summed E-state index contributed by atoms with van der Waals surface area (Å²) in [4.78, 5) is 2.39. The standard InChI is InChI=1S/C12H17N2/c13-12-7-4-8-14(10-12)9-11-5-2-1-3-6-11/h1-3,5-6,12-13H,4,7-10H2. The zero-order chi connectivity index (χ0) is 9.80. The molecule has 1 aromatic carbocycles. The molecule has 1 fully saturated rings. The Morgan fingerprint density at radius 3 is 2.79 bits per heavy atom. The van der Waals surface area contributed by atoms with Crippen molar-refractivity contribution in [2.24, 2.45) is 0 Å². The van der Waals surface area contributed by atoms with Crippen LogP contribution in [0.2, 0.25) is 0 Å². The van der Waals surface area contributed by atoms with Gasteiger partial charge in [0.15, 0.2) is 0 Å². The predicted octanol–water partition coefficient (Wildman–Crippen LogP) is 1.93. The van der Waals surface area contributed by atoms with Gasteiger partial charge in [0.25, 0.3) is 0 Å². The molecular formula is C12H17N2. The highest BCUT2D eigenvalue weighted by atomic mass is 15.1. The first-order valence-electron chi connectivity index (χ1n) is 5.32. The lowest BCUT2D eigenvalue weighted by atomic mass is 10.1. The highest BCUT2D eigenvalue weighted by Gasteiger charge is 2.16. The zero-order valence-electron chi connectivity index (χ0n) is 8.45. The molecule has 0 spiro atoms. The smallest absolute Gasteiger partial charge is 0.0340 e. The van der Waals surface area contributed by atoms with E-state index in [1.54, 1.807) is 0 Å². The fourth-order valence-corrected chi connectivity index (χ4v) is 2.04. The second kappa shape index (κ2) is 4.58. The van der Waals surface area contributed by atoms with Crippen LogP contribution >= 0.6 is 0 Å². The minimum absolute atomic E-state index is 0.132. The maximum Gasteiger partial charge on any atom is 0.0340 e. The molecule has 75 valence electrons. The Morgan fingerprint density at radius 2 is 2.07 bits per heavy atom. The Hall–Kier alpha value is -0.860. The van der Waals surface area contributed by atoms with E-state index in [1.807, 2.05) is 6.07 Å². The molecule has 1 atom stereocenters. The predicted molar refractivity (Wildman–Crippen MR) is 57.8 cm³/mol. The van der Waals surface area contributed by atoms with E-state index in [1.165, 1.54) is 12.0 Å². The third kappa shape index (κ3) is 2.56. The Morgan fingerprint density at radius 1 is 1.29 bits per heavy atom. The fourth-order valence-electron chi connectivity index (χ4n) is 2.04. The average molecular weight is 189 g/mol. The molecule has 1 aromatic rings. The highest BCUT2D eigenvalue weighted by Crippen LogP contribution is 2.12. The van der Waals surface area contributed by atoms with Gasteiger partial charge in [-0.3, -0.25) is 10.6 Å². The van der Waals surface area contributed by atoms with E-state index in [0.29, 0.717) is 0 Å². The van der Waals surface area contributed by atoms with Crippen molar-refractivity contribution in [2.45, 2.75) is 25.4 Å². The molecule has 0 bridgehead atoms. The molecular weight excluding hydrogens is 172 g/mol. The van der Waals surface area contributed by atoms with Crippen molar-refractivity contribution in [3.8, 4) is 0 Å². The number of nitrogens with one attached hydrogen (secondary N) is 1. The summed E-state index contributed by atoms with van der Waals surface area (Å²) in [5.41, 5.74) is 9.09. The van der Waals surface area contributed by atoms with Crippen molar-refractivity contribution in [1.29, 1.82) is 0 Å². The number of nitrogens with zero attached hydrogens (tertiary/aromatic N) is 1. The van der Waals surface area contributed by atoms with E-state index in [-0.39, 0.29) is 6.04 Å². The largest absolute Gasteiger partial charge is 0.297 e. The minimum atomic E-state index is 0.132. The van der Waals surface area contributed by atoms with E-state index in [9.17, 15) is 0 Å². The second-order valence-corrected chi connectivity index (χ2v) is 4.06. The number of benzene rings is 1. The molecule has 2 heteroatoms. The number of hydrogen-bond donors (Lipinski definition) is 0. The topological polar surface area (TPSA) is 27.0 Å². The Balaban J connectivity index is 1.91. The first kappa shape index (κ1) is 9.69.